The lowest BCUT2D eigenvalue weighted by Crippen LogP contribution is -2.36. The first-order valence-electron chi connectivity index (χ1n) is 6.42. The number of halogens is 1. The Morgan fingerprint density at radius 3 is 2.85 bits per heavy atom. The molecular formula is C15H15ClN4. The number of pyridine rings is 1. The Morgan fingerprint density at radius 1 is 1.30 bits per heavy atom. The summed E-state index contributed by atoms with van der Waals surface area (Å²) in [6, 6.07) is 9.70. The first-order chi connectivity index (χ1) is 9.68. The van der Waals surface area contributed by atoms with Gasteiger partial charge < -0.3 is 10.6 Å². The van der Waals surface area contributed by atoms with Crippen LogP contribution in [0.25, 0.3) is 0 Å². The van der Waals surface area contributed by atoms with Crippen LogP contribution in [0.4, 0.5) is 5.69 Å². The van der Waals surface area contributed by atoms with Crippen LogP contribution in [0.5, 0.6) is 0 Å². The number of rotatable bonds is 2. The summed E-state index contributed by atoms with van der Waals surface area (Å²) in [5.74, 6) is 0.492. The summed E-state index contributed by atoms with van der Waals surface area (Å²) >= 11 is 6.29. The van der Waals surface area contributed by atoms with Crippen LogP contribution in [0.2, 0.25) is 5.02 Å². The van der Waals surface area contributed by atoms with E-state index in [2.05, 4.69) is 16.9 Å². The average Bonchev–Trinajstić information content (AvgIpc) is 2.82. The van der Waals surface area contributed by atoms with Gasteiger partial charge in [0.15, 0.2) is 5.96 Å². The van der Waals surface area contributed by atoms with E-state index < -0.39 is 0 Å². The molecule has 0 spiro atoms. The van der Waals surface area contributed by atoms with Crippen LogP contribution >= 0.6 is 11.6 Å². The zero-order valence-electron chi connectivity index (χ0n) is 11.1. The number of anilines is 1. The van der Waals surface area contributed by atoms with Crippen molar-refractivity contribution < 1.29 is 0 Å². The quantitative estimate of drug-likeness (QED) is 0.923. The fourth-order valence-corrected chi connectivity index (χ4v) is 2.73. The molecule has 5 heteroatoms. The minimum Gasteiger partial charge on any atom is -0.369 e. The number of aryl methyl sites for hydroxylation is 1. The minimum atomic E-state index is 0.0450. The molecule has 2 heterocycles. The zero-order chi connectivity index (χ0) is 14.1. The summed E-state index contributed by atoms with van der Waals surface area (Å²) in [5.41, 5.74) is 9.23. The van der Waals surface area contributed by atoms with E-state index in [1.165, 1.54) is 5.56 Å². The molecule has 1 aliphatic rings. The van der Waals surface area contributed by atoms with Gasteiger partial charge in [0.2, 0.25) is 0 Å². The van der Waals surface area contributed by atoms with Gasteiger partial charge in [0, 0.05) is 12.4 Å². The van der Waals surface area contributed by atoms with Crippen molar-refractivity contribution in [1.82, 2.24) is 4.98 Å². The van der Waals surface area contributed by atoms with Crippen LogP contribution in [-0.4, -0.2) is 17.5 Å². The molecule has 20 heavy (non-hydrogen) atoms. The molecular weight excluding hydrogens is 272 g/mol. The van der Waals surface area contributed by atoms with E-state index in [1.807, 2.05) is 41.4 Å². The first-order valence-corrected chi connectivity index (χ1v) is 6.80. The summed E-state index contributed by atoms with van der Waals surface area (Å²) in [4.78, 5) is 10.6. The monoisotopic (exact) mass is 286 g/mol. The Kier molecular flexibility index (Phi) is 3.32. The number of hydrogen-bond donors (Lipinski definition) is 1. The molecule has 4 nitrogen and oxygen atoms in total. The van der Waals surface area contributed by atoms with Gasteiger partial charge in [-0.2, -0.15) is 0 Å². The van der Waals surface area contributed by atoms with Crippen molar-refractivity contribution in [1.29, 1.82) is 0 Å². The van der Waals surface area contributed by atoms with Crippen molar-refractivity contribution >= 4 is 23.2 Å². The third kappa shape index (κ3) is 2.12. The van der Waals surface area contributed by atoms with Gasteiger partial charge >= 0.3 is 0 Å². The highest BCUT2D eigenvalue weighted by atomic mass is 35.5. The molecule has 0 amide bonds. The Bertz CT molecular complexity index is 668. The molecule has 1 unspecified atom stereocenters. The molecule has 0 radical (unpaired) electrons. The van der Waals surface area contributed by atoms with Crippen LogP contribution in [0, 0.1) is 6.92 Å². The van der Waals surface area contributed by atoms with E-state index >= 15 is 0 Å². The second-order valence-corrected chi connectivity index (χ2v) is 5.18. The summed E-state index contributed by atoms with van der Waals surface area (Å²) in [5, 5.41) is 0.666. The maximum absolute atomic E-state index is 6.29. The molecule has 102 valence electrons. The molecule has 1 aliphatic heterocycles. The van der Waals surface area contributed by atoms with Gasteiger partial charge in [-0.3, -0.25) is 9.98 Å². The van der Waals surface area contributed by atoms with Crippen LogP contribution in [-0.2, 0) is 0 Å². The summed E-state index contributed by atoms with van der Waals surface area (Å²) in [6.45, 7) is 2.68. The number of hydrogen-bond acceptors (Lipinski definition) is 4. The fraction of sp³-hybridized carbons (Fsp3) is 0.200. The summed E-state index contributed by atoms with van der Waals surface area (Å²) in [7, 11) is 0. The number of nitrogens with zero attached hydrogens (tertiary/aromatic N) is 3. The standard InChI is InChI=1S/C15H15ClN4/c1-10-6-7-18-8-11(10)14-9-19-15(17)20(14)13-5-3-2-4-12(13)16/h2-8,14H,9H2,1H3,(H2,17,19). The van der Waals surface area contributed by atoms with Crippen molar-refractivity contribution in [2.24, 2.45) is 10.7 Å². The minimum absolute atomic E-state index is 0.0450. The highest BCUT2D eigenvalue weighted by Gasteiger charge is 2.31. The topological polar surface area (TPSA) is 54.5 Å². The van der Waals surface area contributed by atoms with Crippen LogP contribution in [0.15, 0.2) is 47.7 Å². The van der Waals surface area contributed by atoms with Crippen molar-refractivity contribution in [2.75, 3.05) is 11.4 Å². The van der Waals surface area contributed by atoms with Gasteiger partial charge in [0.25, 0.3) is 0 Å². The lowest BCUT2D eigenvalue weighted by Gasteiger charge is -2.28. The van der Waals surface area contributed by atoms with Crippen LogP contribution < -0.4 is 10.6 Å². The van der Waals surface area contributed by atoms with Crippen molar-refractivity contribution in [3.8, 4) is 0 Å². The van der Waals surface area contributed by atoms with Gasteiger partial charge in [-0.1, -0.05) is 23.7 Å². The van der Waals surface area contributed by atoms with E-state index in [4.69, 9.17) is 17.3 Å². The van der Waals surface area contributed by atoms with E-state index in [9.17, 15) is 0 Å². The van der Waals surface area contributed by atoms with Crippen molar-refractivity contribution in [3.63, 3.8) is 0 Å². The number of benzene rings is 1. The normalized spacial score (nSPS) is 18.2. The molecule has 3 rings (SSSR count). The third-order valence-corrected chi connectivity index (χ3v) is 3.85. The lowest BCUT2D eigenvalue weighted by molar-refractivity contribution is 0.757. The predicted octanol–water partition coefficient (Wildman–Crippen LogP) is 2.92. The molecule has 0 aliphatic carbocycles. The number of nitrogens with two attached hydrogens (primary N) is 1. The van der Waals surface area contributed by atoms with Gasteiger partial charge in [-0.15, -0.1) is 0 Å². The van der Waals surface area contributed by atoms with Crippen molar-refractivity contribution in [2.45, 2.75) is 13.0 Å². The third-order valence-electron chi connectivity index (χ3n) is 3.54. The number of para-hydroxylation sites is 1. The average molecular weight is 287 g/mol. The summed E-state index contributed by atoms with van der Waals surface area (Å²) < 4.78 is 0. The first kappa shape index (κ1) is 12.9. The van der Waals surface area contributed by atoms with E-state index in [-0.39, 0.29) is 6.04 Å². The lowest BCUT2D eigenvalue weighted by atomic mass is 10.0. The Balaban J connectivity index is 2.06. The number of guanidine groups is 1. The van der Waals surface area contributed by atoms with E-state index in [0.717, 1.165) is 11.3 Å². The van der Waals surface area contributed by atoms with Gasteiger partial charge in [0.1, 0.15) is 0 Å². The molecule has 0 fully saturated rings. The highest BCUT2D eigenvalue weighted by Crippen LogP contribution is 2.35. The van der Waals surface area contributed by atoms with E-state index in [1.54, 1.807) is 6.20 Å². The Labute approximate surface area is 122 Å². The second-order valence-electron chi connectivity index (χ2n) is 4.77. The van der Waals surface area contributed by atoms with E-state index in [0.29, 0.717) is 17.5 Å². The SMILES string of the molecule is Cc1ccncc1C1CN=C(N)N1c1ccccc1Cl. The number of aliphatic imine (C=N–C) groups is 1. The molecule has 1 atom stereocenters. The second kappa shape index (κ2) is 5.13. The van der Waals surface area contributed by atoms with Gasteiger partial charge in [-0.05, 0) is 36.2 Å². The van der Waals surface area contributed by atoms with Gasteiger partial charge in [-0.25, -0.2) is 0 Å². The largest absolute Gasteiger partial charge is 0.369 e. The van der Waals surface area contributed by atoms with Crippen LogP contribution in [0.1, 0.15) is 17.2 Å². The maximum atomic E-state index is 6.29. The Morgan fingerprint density at radius 2 is 2.10 bits per heavy atom. The zero-order valence-corrected chi connectivity index (χ0v) is 11.9. The van der Waals surface area contributed by atoms with Crippen molar-refractivity contribution in [3.05, 3.63) is 58.9 Å². The molecule has 1 aromatic heterocycles. The number of aromatic nitrogens is 1. The van der Waals surface area contributed by atoms with Crippen LogP contribution in [0.3, 0.4) is 0 Å². The van der Waals surface area contributed by atoms with Gasteiger partial charge in [0.05, 0.1) is 23.3 Å². The highest BCUT2D eigenvalue weighted by molar-refractivity contribution is 6.33. The predicted molar refractivity (Wildman–Crippen MR) is 82.1 cm³/mol. The fourth-order valence-electron chi connectivity index (χ4n) is 2.50. The molecule has 2 aromatic rings. The summed E-state index contributed by atoms with van der Waals surface area (Å²) in [6.07, 6.45) is 3.66. The molecule has 0 bridgehead atoms. The Hall–Kier alpha value is -2.07. The smallest absolute Gasteiger partial charge is 0.196 e. The molecule has 0 saturated carbocycles. The molecule has 2 N–H and O–H groups in total. The molecule has 0 saturated heterocycles. The maximum Gasteiger partial charge on any atom is 0.196 e. The molecule has 1 aromatic carbocycles.